The van der Waals surface area contributed by atoms with E-state index in [-0.39, 0.29) is 5.91 Å². The van der Waals surface area contributed by atoms with Crippen LogP contribution in [0.3, 0.4) is 0 Å². The summed E-state index contributed by atoms with van der Waals surface area (Å²) in [6.07, 6.45) is 8.97. The van der Waals surface area contributed by atoms with E-state index < -0.39 is 0 Å². The van der Waals surface area contributed by atoms with E-state index >= 15 is 0 Å². The zero-order valence-electron chi connectivity index (χ0n) is 12.6. The van der Waals surface area contributed by atoms with Crippen molar-refractivity contribution in [3.63, 3.8) is 0 Å². The second-order valence-corrected chi connectivity index (χ2v) is 5.95. The number of aromatic nitrogens is 2. The van der Waals surface area contributed by atoms with Crippen molar-refractivity contribution in [2.45, 2.75) is 58.9 Å². The third-order valence-electron chi connectivity index (χ3n) is 4.26. The number of carbonyl (C=O) groups is 1. The molecule has 1 unspecified atom stereocenters. The first-order chi connectivity index (χ1) is 9.65. The Labute approximate surface area is 121 Å². The van der Waals surface area contributed by atoms with Crippen LogP contribution in [-0.2, 0) is 11.3 Å². The third-order valence-corrected chi connectivity index (χ3v) is 4.26. The molecule has 2 rings (SSSR count). The molecule has 0 aliphatic heterocycles. The van der Waals surface area contributed by atoms with Crippen LogP contribution in [0.15, 0.2) is 12.3 Å². The van der Waals surface area contributed by atoms with Gasteiger partial charge in [0.2, 0.25) is 5.91 Å². The third kappa shape index (κ3) is 4.58. The lowest BCUT2D eigenvalue weighted by Crippen LogP contribution is -2.27. The lowest BCUT2D eigenvalue weighted by atomic mass is 9.79. The molecule has 1 aliphatic rings. The van der Waals surface area contributed by atoms with Crippen molar-refractivity contribution >= 4 is 5.91 Å². The van der Waals surface area contributed by atoms with E-state index in [4.69, 9.17) is 0 Å². The second-order valence-electron chi connectivity index (χ2n) is 5.95. The number of nitrogens with zero attached hydrogens (tertiary/aromatic N) is 2. The maximum Gasteiger partial charge on any atom is 0.220 e. The fourth-order valence-electron chi connectivity index (χ4n) is 3.03. The summed E-state index contributed by atoms with van der Waals surface area (Å²) in [5.74, 6) is 2.10. The molecule has 4 nitrogen and oxygen atoms in total. The average Bonchev–Trinajstić information content (AvgIpc) is 2.46. The summed E-state index contributed by atoms with van der Waals surface area (Å²) in [4.78, 5) is 20.3. The highest BCUT2D eigenvalue weighted by molar-refractivity contribution is 5.76. The number of hydrogen-bond acceptors (Lipinski definition) is 3. The molecule has 0 saturated heterocycles. The van der Waals surface area contributed by atoms with Crippen molar-refractivity contribution < 1.29 is 4.79 Å². The minimum atomic E-state index is 0.138. The van der Waals surface area contributed by atoms with Gasteiger partial charge in [0.25, 0.3) is 0 Å². The predicted molar refractivity (Wildman–Crippen MR) is 79.0 cm³/mol. The minimum absolute atomic E-state index is 0.138. The van der Waals surface area contributed by atoms with Crippen LogP contribution >= 0.6 is 0 Å². The first-order valence-electron chi connectivity index (χ1n) is 7.70. The Hall–Kier alpha value is -1.45. The molecule has 110 valence electrons. The Morgan fingerprint density at radius 1 is 1.40 bits per heavy atom. The lowest BCUT2D eigenvalue weighted by Gasteiger charge is -2.27. The largest absolute Gasteiger partial charge is 0.350 e. The topological polar surface area (TPSA) is 54.9 Å². The fourth-order valence-corrected chi connectivity index (χ4v) is 3.03. The summed E-state index contributed by atoms with van der Waals surface area (Å²) >= 11 is 0. The highest BCUT2D eigenvalue weighted by Crippen LogP contribution is 2.31. The van der Waals surface area contributed by atoms with E-state index in [0.29, 0.717) is 18.9 Å². The molecule has 1 aromatic heterocycles. The first kappa shape index (κ1) is 14.9. The summed E-state index contributed by atoms with van der Waals surface area (Å²) in [6.45, 7) is 4.57. The molecule has 1 aliphatic carbocycles. The zero-order valence-corrected chi connectivity index (χ0v) is 12.6. The molecule has 20 heavy (non-hydrogen) atoms. The van der Waals surface area contributed by atoms with E-state index in [2.05, 4.69) is 22.2 Å². The van der Waals surface area contributed by atoms with E-state index in [9.17, 15) is 4.79 Å². The maximum absolute atomic E-state index is 12.0. The molecule has 1 aromatic rings. The predicted octanol–water partition coefficient (Wildman–Crippen LogP) is 3.01. The molecule has 0 spiro atoms. The van der Waals surface area contributed by atoms with Gasteiger partial charge in [-0.2, -0.15) is 0 Å². The van der Waals surface area contributed by atoms with E-state index in [0.717, 1.165) is 17.4 Å². The molecule has 4 heteroatoms. The van der Waals surface area contributed by atoms with Crippen LogP contribution in [0.5, 0.6) is 0 Å². The van der Waals surface area contributed by atoms with Crippen LogP contribution in [0.1, 0.15) is 57.0 Å². The Morgan fingerprint density at radius 3 is 2.85 bits per heavy atom. The van der Waals surface area contributed by atoms with Gasteiger partial charge in [0.15, 0.2) is 0 Å². The van der Waals surface area contributed by atoms with Gasteiger partial charge in [-0.15, -0.1) is 0 Å². The first-order valence-corrected chi connectivity index (χ1v) is 7.70. The molecule has 0 aromatic carbocycles. The Kier molecular flexibility index (Phi) is 5.50. The summed E-state index contributed by atoms with van der Waals surface area (Å²) in [5, 5.41) is 2.97. The van der Waals surface area contributed by atoms with Gasteiger partial charge in [0.1, 0.15) is 5.82 Å². The average molecular weight is 275 g/mol. The molecular weight excluding hydrogens is 250 g/mol. The van der Waals surface area contributed by atoms with Crippen molar-refractivity contribution in [3.8, 4) is 0 Å². The van der Waals surface area contributed by atoms with Gasteiger partial charge >= 0.3 is 0 Å². The van der Waals surface area contributed by atoms with Crippen LogP contribution in [0.25, 0.3) is 0 Å². The van der Waals surface area contributed by atoms with Gasteiger partial charge in [-0.25, -0.2) is 9.97 Å². The highest BCUT2D eigenvalue weighted by Gasteiger charge is 2.21. The van der Waals surface area contributed by atoms with Gasteiger partial charge in [0.05, 0.1) is 12.2 Å². The highest BCUT2D eigenvalue weighted by atomic mass is 16.1. The van der Waals surface area contributed by atoms with Crippen LogP contribution < -0.4 is 5.32 Å². The Bertz CT molecular complexity index is 441. The Balaban J connectivity index is 1.74. The van der Waals surface area contributed by atoms with Crippen molar-refractivity contribution in [1.29, 1.82) is 0 Å². The van der Waals surface area contributed by atoms with Gasteiger partial charge in [0, 0.05) is 12.6 Å². The van der Waals surface area contributed by atoms with Gasteiger partial charge in [-0.05, 0) is 24.8 Å². The van der Waals surface area contributed by atoms with E-state index in [1.165, 1.54) is 32.1 Å². The SMILES string of the molecule is Cc1nccc(CNC(=O)CC(C)C2CCCCC2)n1. The van der Waals surface area contributed by atoms with Crippen LogP contribution in [0, 0.1) is 18.8 Å². The molecule has 1 saturated carbocycles. The minimum Gasteiger partial charge on any atom is -0.350 e. The molecule has 0 bridgehead atoms. The second kappa shape index (κ2) is 7.36. The number of aryl methyl sites for hydroxylation is 1. The molecule has 1 atom stereocenters. The van der Waals surface area contributed by atoms with Crippen molar-refractivity contribution in [2.75, 3.05) is 0 Å². The van der Waals surface area contributed by atoms with Crippen LogP contribution in [0.2, 0.25) is 0 Å². The molecule has 1 heterocycles. The normalized spacial score (nSPS) is 17.7. The molecule has 1 fully saturated rings. The van der Waals surface area contributed by atoms with E-state index in [1.807, 2.05) is 13.0 Å². The summed E-state index contributed by atoms with van der Waals surface area (Å²) in [6, 6.07) is 1.85. The standard InChI is InChI=1S/C16H25N3O/c1-12(14-6-4-3-5-7-14)10-16(20)18-11-15-8-9-17-13(2)19-15/h8-9,12,14H,3-7,10-11H2,1-2H3,(H,18,20). The number of nitrogens with one attached hydrogen (secondary N) is 1. The molecular formula is C16H25N3O. The van der Waals surface area contributed by atoms with Crippen molar-refractivity contribution in [3.05, 3.63) is 23.8 Å². The van der Waals surface area contributed by atoms with Gasteiger partial charge in [-0.1, -0.05) is 39.0 Å². The molecule has 1 N–H and O–H groups in total. The smallest absolute Gasteiger partial charge is 0.220 e. The van der Waals surface area contributed by atoms with Crippen molar-refractivity contribution in [2.24, 2.45) is 11.8 Å². The summed E-state index contributed by atoms with van der Waals surface area (Å²) in [5.41, 5.74) is 0.871. The lowest BCUT2D eigenvalue weighted by molar-refractivity contribution is -0.122. The van der Waals surface area contributed by atoms with Crippen LogP contribution in [0.4, 0.5) is 0 Å². The fraction of sp³-hybridized carbons (Fsp3) is 0.688. The van der Waals surface area contributed by atoms with E-state index in [1.54, 1.807) is 6.20 Å². The summed E-state index contributed by atoms with van der Waals surface area (Å²) in [7, 11) is 0. The number of amides is 1. The summed E-state index contributed by atoms with van der Waals surface area (Å²) < 4.78 is 0. The monoisotopic (exact) mass is 275 g/mol. The molecule has 0 radical (unpaired) electrons. The van der Waals surface area contributed by atoms with Gasteiger partial charge in [-0.3, -0.25) is 4.79 Å². The molecule has 1 amide bonds. The quantitative estimate of drug-likeness (QED) is 0.898. The number of carbonyl (C=O) groups excluding carboxylic acids is 1. The van der Waals surface area contributed by atoms with Gasteiger partial charge < -0.3 is 5.32 Å². The Morgan fingerprint density at radius 2 is 2.15 bits per heavy atom. The zero-order chi connectivity index (χ0) is 14.4. The number of hydrogen-bond donors (Lipinski definition) is 1. The van der Waals surface area contributed by atoms with Crippen LogP contribution in [-0.4, -0.2) is 15.9 Å². The van der Waals surface area contributed by atoms with Crippen molar-refractivity contribution in [1.82, 2.24) is 15.3 Å². The number of rotatable bonds is 5. The maximum atomic E-state index is 12.0.